The van der Waals surface area contributed by atoms with Crippen LogP contribution in [0.1, 0.15) is 91.4 Å². The molecule has 1 amide bonds. The second-order valence-corrected chi connectivity index (χ2v) is 17.3. The largest absolute Gasteiger partial charge is 0.748 e. The molecule has 0 aromatic rings. The summed E-state index contributed by atoms with van der Waals surface area (Å²) in [5.41, 5.74) is -0.191. The number of aliphatic hydroxyl groups is 3. The third-order valence-electron chi connectivity index (χ3n) is 12.8. The Hall–Kier alpha value is -0.860. The van der Waals surface area contributed by atoms with Gasteiger partial charge in [0.05, 0.1) is 55.6 Å². The van der Waals surface area contributed by atoms with Crippen LogP contribution in [0.2, 0.25) is 0 Å². The Bertz CT molecular complexity index is 1060. The van der Waals surface area contributed by atoms with Crippen molar-refractivity contribution in [2.45, 2.75) is 110 Å². The highest BCUT2D eigenvalue weighted by atomic mass is 32.2. The molecule has 12 heteroatoms. The zero-order valence-electron chi connectivity index (χ0n) is 27.6. The Morgan fingerprint density at radius 3 is 2.32 bits per heavy atom. The number of hydrogen-bond donors (Lipinski definition) is 4. The summed E-state index contributed by atoms with van der Waals surface area (Å²) in [5, 5.41) is 36.6. The molecule has 0 bridgehead atoms. The third-order valence-corrected chi connectivity index (χ3v) is 13.6. The average Bonchev–Trinajstić information content (AvgIpc) is 3.24. The quantitative estimate of drug-likeness (QED) is 0.138. The van der Waals surface area contributed by atoms with Gasteiger partial charge in [0.25, 0.3) is 0 Å². The van der Waals surface area contributed by atoms with Gasteiger partial charge in [0.2, 0.25) is 5.91 Å². The van der Waals surface area contributed by atoms with E-state index in [-0.39, 0.29) is 63.4 Å². The number of quaternary nitrogens is 1. The monoisotopic (exact) mass is 650 g/mol. The first-order valence-corrected chi connectivity index (χ1v) is 18.1. The van der Waals surface area contributed by atoms with Crippen LogP contribution in [0.25, 0.3) is 0 Å². The molecule has 0 saturated heterocycles. The van der Waals surface area contributed by atoms with E-state index in [4.69, 9.17) is 0 Å². The first-order valence-electron chi connectivity index (χ1n) is 16.5. The summed E-state index contributed by atoms with van der Waals surface area (Å²) in [4.78, 5) is 12.7. The van der Waals surface area contributed by atoms with Crippen molar-refractivity contribution in [2.24, 2.45) is 46.3 Å². The number of amides is 1. The van der Waals surface area contributed by atoms with Gasteiger partial charge in [-0.2, -0.15) is 0 Å². The Morgan fingerprint density at radius 2 is 1.66 bits per heavy atom. The van der Waals surface area contributed by atoms with Crippen molar-refractivity contribution in [3.8, 4) is 0 Å². The summed E-state index contributed by atoms with van der Waals surface area (Å²) in [6.07, 6.45) is 7.35. The first-order chi connectivity index (χ1) is 19.5. The van der Waals surface area contributed by atoms with E-state index in [2.05, 4.69) is 26.1 Å². The molecule has 260 valence electrons. The lowest BCUT2D eigenvalue weighted by Gasteiger charge is -2.63. The van der Waals surface area contributed by atoms with Crippen LogP contribution in [0.5, 0.6) is 0 Å². The summed E-state index contributed by atoms with van der Waals surface area (Å²) in [7, 11) is -0.177. The van der Waals surface area contributed by atoms with E-state index in [0.29, 0.717) is 48.2 Å². The van der Waals surface area contributed by atoms with Gasteiger partial charge >= 0.3 is 0 Å². The van der Waals surface area contributed by atoms with Crippen LogP contribution in [0.15, 0.2) is 0 Å². The fourth-order valence-corrected chi connectivity index (χ4v) is 10.8. The molecule has 0 aliphatic heterocycles. The Morgan fingerprint density at radius 1 is 1.00 bits per heavy atom. The maximum atomic E-state index is 12.7. The number of nitrogens with zero attached hydrogens (tertiary/aromatic N) is 1. The highest BCUT2D eigenvalue weighted by Crippen LogP contribution is 2.68. The molecule has 11 atom stereocenters. The maximum Gasteiger partial charge on any atom is 0.220 e. The van der Waals surface area contributed by atoms with Crippen LogP contribution in [0.3, 0.4) is 0 Å². The molecule has 0 radical (unpaired) electrons. The Labute approximate surface area is 265 Å². The van der Waals surface area contributed by atoms with E-state index >= 15 is 0 Å². The van der Waals surface area contributed by atoms with Gasteiger partial charge in [-0.3, -0.25) is 4.79 Å². The zero-order valence-corrected chi connectivity index (χ0v) is 28.4. The fourth-order valence-electron chi connectivity index (χ4n) is 10.3. The first kappa shape index (κ1) is 39.3. The van der Waals surface area contributed by atoms with E-state index in [1.807, 2.05) is 14.1 Å². The molecule has 4 rings (SSSR count). The minimum Gasteiger partial charge on any atom is -0.748 e. The van der Waals surface area contributed by atoms with Gasteiger partial charge in [-0.1, -0.05) is 20.8 Å². The van der Waals surface area contributed by atoms with Gasteiger partial charge in [0.1, 0.15) is 0 Å². The van der Waals surface area contributed by atoms with Crippen LogP contribution in [0, 0.1) is 46.3 Å². The summed E-state index contributed by atoms with van der Waals surface area (Å²) in [5.74, 6) is 1.38. The van der Waals surface area contributed by atoms with Crippen molar-refractivity contribution in [1.29, 1.82) is 0 Å². The lowest BCUT2D eigenvalue weighted by Crippen LogP contribution is -2.62. The van der Waals surface area contributed by atoms with E-state index in [9.17, 15) is 33.1 Å². The highest BCUT2D eigenvalue weighted by Gasteiger charge is 2.65. The van der Waals surface area contributed by atoms with Gasteiger partial charge in [-0.15, -0.1) is 0 Å². The maximum absolute atomic E-state index is 12.7. The molecule has 0 aromatic heterocycles. The predicted octanol–water partition coefficient (Wildman–Crippen LogP) is 1.23. The van der Waals surface area contributed by atoms with Crippen molar-refractivity contribution >= 4 is 16.0 Å². The van der Waals surface area contributed by atoms with E-state index < -0.39 is 16.2 Å². The molecule has 0 aromatic carbocycles. The van der Waals surface area contributed by atoms with Crippen molar-refractivity contribution < 1.29 is 48.5 Å². The number of carbonyl (C=O) groups excluding carboxylic acids is 1. The van der Waals surface area contributed by atoms with Crippen molar-refractivity contribution in [3.05, 3.63) is 0 Å². The smallest absolute Gasteiger partial charge is 0.220 e. The lowest BCUT2D eigenvalue weighted by atomic mass is 9.43. The van der Waals surface area contributed by atoms with Crippen LogP contribution in [0.4, 0.5) is 0 Å². The van der Waals surface area contributed by atoms with Crippen LogP contribution >= 0.6 is 0 Å². The molecule has 44 heavy (non-hydrogen) atoms. The number of nitrogens with one attached hydrogen (secondary N) is 1. The lowest BCUT2D eigenvalue weighted by molar-refractivity contribution is -0.890. The molecule has 4 fully saturated rings. The van der Waals surface area contributed by atoms with E-state index in [1.54, 1.807) is 0 Å². The summed E-state index contributed by atoms with van der Waals surface area (Å²) >= 11 is 0. The molecule has 4 saturated carbocycles. The van der Waals surface area contributed by atoms with Gasteiger partial charge in [0.15, 0.2) is 0 Å². The van der Waals surface area contributed by atoms with Crippen LogP contribution < -0.4 is 5.32 Å². The number of carbonyl (C=O) groups is 1. The van der Waals surface area contributed by atoms with Crippen molar-refractivity contribution in [3.63, 3.8) is 0 Å². The molecular formula is C32H62N2O9S. The van der Waals surface area contributed by atoms with E-state index in [1.165, 1.54) is 0 Å². The predicted molar refractivity (Wildman–Crippen MR) is 168 cm³/mol. The van der Waals surface area contributed by atoms with Crippen LogP contribution in [-0.2, 0) is 14.9 Å². The van der Waals surface area contributed by atoms with Gasteiger partial charge in [0, 0.05) is 31.6 Å². The summed E-state index contributed by atoms with van der Waals surface area (Å²) < 4.78 is 33.1. The molecule has 11 nitrogen and oxygen atoms in total. The van der Waals surface area contributed by atoms with Gasteiger partial charge in [-0.05, 0) is 97.7 Å². The Kier molecular flexibility index (Phi) is 13.3. The standard InChI is InChI=1S/C32H58N2O7S.2H2O/c1-21(8-11-29(38)33-14-6-15-34(4,5)16-7-17-42(39,40)41)24-9-10-25-30-26(20-28(37)32(24,25)3)31(2)13-12-23(35)18-22(31)19-27(30)36;;/h21-28,30,35-37H,6-20H2,1-5H3,(H-,33,38,39,40,41);2*1H2/t21-,22?,23-,24-,25+,26+,27-,28+,30+,31+,32-;;/m1../s1. The van der Waals surface area contributed by atoms with Crippen molar-refractivity contribution in [2.75, 3.05) is 39.5 Å². The molecule has 1 unspecified atom stereocenters. The molecule has 0 spiro atoms. The van der Waals surface area contributed by atoms with Crippen LogP contribution in [-0.4, -0.2) is 107 Å². The zero-order chi connectivity index (χ0) is 31.1. The normalized spacial score (nSPS) is 39.1. The molecule has 0 heterocycles. The number of aliphatic hydroxyl groups excluding tert-OH is 3. The minimum absolute atomic E-state index is 0. The third kappa shape index (κ3) is 8.34. The minimum atomic E-state index is -4.18. The number of hydrogen-bond acceptors (Lipinski definition) is 7. The Balaban J connectivity index is 0.00000337. The highest BCUT2D eigenvalue weighted by molar-refractivity contribution is 7.85. The molecular weight excluding hydrogens is 588 g/mol. The van der Waals surface area contributed by atoms with E-state index in [0.717, 1.165) is 64.3 Å². The second kappa shape index (κ2) is 14.9. The number of rotatable bonds is 12. The average molecular weight is 651 g/mol. The SMILES string of the molecule is C[C@H](CCC(=O)NCCC[N+](C)(C)CCCS(=O)(=O)[O-])[C@H]1CC[C@H]2[C@@H]3[C@H](O)CC4C[C@H](O)CC[C@]4(C)[C@H]3C[C@H](O)[C@]12C.O.O. The van der Waals surface area contributed by atoms with Crippen molar-refractivity contribution in [1.82, 2.24) is 5.32 Å². The molecule has 8 N–H and O–H groups in total. The van der Waals surface area contributed by atoms with Gasteiger partial charge < -0.3 is 40.6 Å². The second-order valence-electron chi connectivity index (χ2n) is 15.7. The topological polar surface area (TPSA) is 210 Å². The summed E-state index contributed by atoms with van der Waals surface area (Å²) in [6.45, 7) is 8.78. The summed E-state index contributed by atoms with van der Waals surface area (Å²) in [6, 6.07) is 0. The molecule has 4 aliphatic carbocycles. The molecule has 4 aliphatic rings. The fraction of sp³-hybridized carbons (Fsp3) is 0.969. The number of fused-ring (bicyclic) bond motifs is 5. The van der Waals surface area contributed by atoms with Gasteiger partial charge in [-0.25, -0.2) is 8.42 Å².